The van der Waals surface area contributed by atoms with E-state index in [2.05, 4.69) is 44.2 Å². The number of halogens is 4. The summed E-state index contributed by atoms with van der Waals surface area (Å²) in [6.45, 7) is 10.5. The largest absolute Gasteiger partial charge is 0.493 e. The summed E-state index contributed by atoms with van der Waals surface area (Å²) in [6, 6.07) is 9.41. The summed E-state index contributed by atoms with van der Waals surface area (Å²) in [4.78, 5) is 29.4. The lowest BCUT2D eigenvalue weighted by molar-refractivity contribution is -0.265. The number of aliphatic carboxylic acids is 1. The SMILES string of the molecule is COc1cc(C(=O)NCC(O)(c2cc3c(c(-c4ccc(F)cc4)n2)OC[C@]3(C)C(=O)O)C(F)(F)F)ccc1OCCO[Si](C)(C)C(C)(C)C. The Bertz CT molecular complexity index is 1710. The zero-order valence-corrected chi connectivity index (χ0v) is 29.3. The standard InChI is InChI=1S/C34H40F4N2O8Si/c1-31(2,3)49(6,7)48-15-14-46-24-13-10-21(16-25(24)45-5)29(41)39-18-33(44,34(36,37)38)26-17-23-28(47-19-32(23,4)30(42)43)27(40-26)20-8-11-22(35)12-9-20/h8-13,16-17,44H,14-15,18-19H2,1-7H3,(H,39,41)(H,42,43)/t32-,33?/m0/s1. The maximum absolute atomic E-state index is 14.7. The van der Waals surface area contributed by atoms with E-state index < -0.39 is 62.0 Å². The van der Waals surface area contributed by atoms with Crippen molar-refractivity contribution in [2.24, 2.45) is 0 Å². The molecule has 266 valence electrons. The van der Waals surface area contributed by atoms with Gasteiger partial charge in [-0.15, -0.1) is 0 Å². The molecule has 0 spiro atoms. The topological polar surface area (TPSA) is 136 Å². The third-order valence-corrected chi connectivity index (χ3v) is 13.6. The fourth-order valence-electron chi connectivity index (χ4n) is 4.82. The Morgan fingerprint density at radius 2 is 1.69 bits per heavy atom. The average Bonchev–Trinajstić information content (AvgIpc) is 3.38. The van der Waals surface area contributed by atoms with Gasteiger partial charge in [-0.25, -0.2) is 9.37 Å². The molecule has 0 saturated heterocycles. The van der Waals surface area contributed by atoms with Crippen molar-refractivity contribution in [3.8, 4) is 28.5 Å². The Labute approximate surface area is 282 Å². The summed E-state index contributed by atoms with van der Waals surface area (Å²) in [6.07, 6.45) is -5.40. The maximum atomic E-state index is 14.7. The van der Waals surface area contributed by atoms with Crippen molar-refractivity contribution in [1.82, 2.24) is 10.3 Å². The van der Waals surface area contributed by atoms with Gasteiger partial charge in [0.05, 0.1) is 26.0 Å². The number of nitrogens with zero attached hydrogens (tertiary/aromatic N) is 1. The Kier molecular flexibility index (Phi) is 10.4. The van der Waals surface area contributed by atoms with Crippen LogP contribution in [0, 0.1) is 5.82 Å². The Morgan fingerprint density at radius 1 is 1.04 bits per heavy atom. The highest BCUT2D eigenvalue weighted by Crippen LogP contribution is 2.48. The molecule has 0 bridgehead atoms. The second-order valence-electron chi connectivity index (χ2n) is 13.5. The van der Waals surface area contributed by atoms with Crippen LogP contribution >= 0.6 is 0 Å². The highest BCUT2D eigenvalue weighted by molar-refractivity contribution is 6.74. The van der Waals surface area contributed by atoms with E-state index in [1.807, 2.05) is 0 Å². The van der Waals surface area contributed by atoms with Crippen molar-refractivity contribution in [3.63, 3.8) is 0 Å². The number of pyridine rings is 1. The van der Waals surface area contributed by atoms with Crippen molar-refractivity contribution in [2.45, 2.75) is 63.0 Å². The van der Waals surface area contributed by atoms with Gasteiger partial charge in [0.1, 0.15) is 35.9 Å². The molecule has 0 radical (unpaired) electrons. The number of aromatic nitrogens is 1. The molecular formula is C34H40F4N2O8Si. The predicted octanol–water partition coefficient (Wildman–Crippen LogP) is 6.21. The minimum absolute atomic E-state index is 0.00688. The molecule has 2 atom stereocenters. The quantitative estimate of drug-likeness (QED) is 0.114. The van der Waals surface area contributed by atoms with Crippen LogP contribution < -0.4 is 19.5 Å². The number of carbonyl (C=O) groups is 2. The lowest BCUT2D eigenvalue weighted by atomic mass is 9.82. The number of aliphatic hydroxyl groups is 1. The zero-order chi connectivity index (χ0) is 36.6. The molecule has 0 aliphatic carbocycles. The zero-order valence-electron chi connectivity index (χ0n) is 28.3. The van der Waals surface area contributed by atoms with Crippen molar-refractivity contribution in [3.05, 3.63) is 71.2 Å². The number of methoxy groups -OCH3 is 1. The molecule has 0 fully saturated rings. The number of alkyl halides is 3. The van der Waals surface area contributed by atoms with Crippen LogP contribution in [-0.2, 0) is 20.2 Å². The van der Waals surface area contributed by atoms with Crippen molar-refractivity contribution in [2.75, 3.05) is 33.5 Å². The molecule has 1 unspecified atom stereocenters. The predicted molar refractivity (Wildman–Crippen MR) is 174 cm³/mol. The summed E-state index contributed by atoms with van der Waals surface area (Å²) in [5.41, 5.74) is -6.95. The summed E-state index contributed by atoms with van der Waals surface area (Å²) in [7, 11) is -0.668. The van der Waals surface area contributed by atoms with E-state index in [0.717, 1.165) is 18.2 Å². The van der Waals surface area contributed by atoms with Crippen LogP contribution in [0.4, 0.5) is 17.6 Å². The lowest BCUT2D eigenvalue weighted by Crippen LogP contribution is -2.51. The van der Waals surface area contributed by atoms with E-state index in [1.165, 1.54) is 44.4 Å². The summed E-state index contributed by atoms with van der Waals surface area (Å²) in [5.74, 6) is -2.69. The van der Waals surface area contributed by atoms with Crippen LogP contribution in [0.25, 0.3) is 11.3 Å². The minimum Gasteiger partial charge on any atom is -0.493 e. The van der Waals surface area contributed by atoms with Gasteiger partial charge in [-0.1, -0.05) is 20.8 Å². The number of fused-ring (bicyclic) bond motifs is 1. The first-order valence-corrected chi connectivity index (χ1v) is 18.3. The molecule has 3 N–H and O–H groups in total. The lowest BCUT2D eigenvalue weighted by Gasteiger charge is -2.36. The van der Waals surface area contributed by atoms with Crippen LogP contribution in [-0.4, -0.2) is 75.0 Å². The third kappa shape index (κ3) is 7.53. The van der Waals surface area contributed by atoms with Crippen LogP contribution in [0.3, 0.4) is 0 Å². The van der Waals surface area contributed by atoms with Crippen LogP contribution in [0.5, 0.6) is 17.2 Å². The summed E-state index contributed by atoms with van der Waals surface area (Å²) >= 11 is 0. The first kappa shape index (κ1) is 37.6. The van der Waals surface area contributed by atoms with E-state index >= 15 is 0 Å². The number of carbonyl (C=O) groups excluding carboxylic acids is 1. The fourth-order valence-corrected chi connectivity index (χ4v) is 5.84. The molecule has 49 heavy (non-hydrogen) atoms. The molecule has 2 aromatic carbocycles. The summed E-state index contributed by atoms with van der Waals surface area (Å²) < 4.78 is 80.6. The molecule has 2 heterocycles. The van der Waals surface area contributed by atoms with Gasteiger partial charge in [-0.3, -0.25) is 9.59 Å². The molecule has 1 aliphatic heterocycles. The van der Waals surface area contributed by atoms with Crippen molar-refractivity contribution in [1.29, 1.82) is 0 Å². The summed E-state index contributed by atoms with van der Waals surface area (Å²) in [5, 5.41) is 23.3. The van der Waals surface area contributed by atoms with E-state index in [1.54, 1.807) is 0 Å². The van der Waals surface area contributed by atoms with Gasteiger partial charge in [0, 0.05) is 16.7 Å². The monoisotopic (exact) mass is 708 g/mol. The van der Waals surface area contributed by atoms with E-state index in [0.29, 0.717) is 6.61 Å². The highest BCUT2D eigenvalue weighted by Gasteiger charge is 2.58. The molecule has 10 nitrogen and oxygen atoms in total. The van der Waals surface area contributed by atoms with Gasteiger partial charge >= 0.3 is 12.1 Å². The van der Waals surface area contributed by atoms with E-state index in [9.17, 15) is 37.4 Å². The first-order chi connectivity index (χ1) is 22.6. The molecule has 0 saturated carbocycles. The average molecular weight is 709 g/mol. The Hall–Kier alpha value is -4.21. The number of ether oxygens (including phenoxy) is 3. The number of carboxylic acid groups (broad SMARTS) is 1. The van der Waals surface area contributed by atoms with Crippen molar-refractivity contribution >= 4 is 20.2 Å². The number of benzene rings is 2. The van der Waals surface area contributed by atoms with E-state index in [-0.39, 0.29) is 51.3 Å². The normalized spacial score (nSPS) is 17.5. The molecule has 15 heteroatoms. The van der Waals surface area contributed by atoms with Gasteiger partial charge in [-0.05, 0) is 73.6 Å². The smallest absolute Gasteiger partial charge is 0.424 e. The second kappa shape index (κ2) is 13.6. The second-order valence-corrected chi connectivity index (χ2v) is 18.3. The van der Waals surface area contributed by atoms with Gasteiger partial charge in [0.2, 0.25) is 5.60 Å². The van der Waals surface area contributed by atoms with Crippen LogP contribution in [0.1, 0.15) is 49.3 Å². The Morgan fingerprint density at radius 3 is 2.27 bits per heavy atom. The molecule has 4 rings (SSSR count). The van der Waals surface area contributed by atoms with Gasteiger partial charge < -0.3 is 34.2 Å². The van der Waals surface area contributed by atoms with Crippen molar-refractivity contribution < 1.29 is 56.0 Å². The van der Waals surface area contributed by atoms with Gasteiger partial charge in [0.25, 0.3) is 5.91 Å². The number of rotatable bonds is 12. The number of nitrogens with one attached hydrogen (secondary N) is 1. The molecule has 1 amide bonds. The number of hydrogen-bond acceptors (Lipinski definition) is 8. The highest BCUT2D eigenvalue weighted by atomic mass is 28.4. The Balaban J connectivity index is 1.61. The molecule has 1 aromatic heterocycles. The number of carboxylic acids is 1. The number of hydrogen-bond donors (Lipinski definition) is 3. The minimum atomic E-state index is -5.40. The van der Waals surface area contributed by atoms with E-state index in [4.69, 9.17) is 18.6 Å². The molecular weight excluding hydrogens is 668 g/mol. The maximum Gasteiger partial charge on any atom is 0.424 e. The first-order valence-electron chi connectivity index (χ1n) is 15.3. The van der Waals surface area contributed by atoms with Crippen LogP contribution in [0.2, 0.25) is 18.1 Å². The number of amides is 1. The third-order valence-electron chi connectivity index (χ3n) is 9.10. The molecule has 3 aromatic rings. The van der Waals surface area contributed by atoms with Gasteiger partial charge in [0.15, 0.2) is 19.8 Å². The fraction of sp³-hybridized carbons (Fsp3) is 0.441. The van der Waals surface area contributed by atoms with Gasteiger partial charge in [-0.2, -0.15) is 13.2 Å². The van der Waals surface area contributed by atoms with Crippen LogP contribution in [0.15, 0.2) is 48.5 Å². The molecule has 1 aliphatic rings.